The van der Waals surface area contributed by atoms with Gasteiger partial charge in [-0.3, -0.25) is 4.79 Å². The first-order valence-corrected chi connectivity index (χ1v) is 5.16. The minimum atomic E-state index is -3.18. The molecule has 4 nitrogen and oxygen atoms in total. The van der Waals surface area contributed by atoms with Gasteiger partial charge in [-0.15, -0.1) is 0 Å². The Kier molecular flexibility index (Phi) is 4.63. The Morgan fingerprint density at radius 1 is 1.55 bits per heavy atom. The van der Waals surface area contributed by atoms with Gasteiger partial charge in [0.05, 0.1) is 5.75 Å². The van der Waals surface area contributed by atoms with Gasteiger partial charge in [-0.25, -0.2) is 13.1 Å². The summed E-state index contributed by atoms with van der Waals surface area (Å²) in [6, 6.07) is 0. The van der Waals surface area contributed by atoms with E-state index in [2.05, 4.69) is 4.72 Å². The minimum Gasteiger partial charge on any atom is -0.281 e. The van der Waals surface area contributed by atoms with E-state index < -0.39 is 15.3 Å². The Morgan fingerprint density at radius 3 is 2.45 bits per heavy atom. The minimum absolute atomic E-state index is 0.0173. The Labute approximate surface area is 71.0 Å². The largest absolute Gasteiger partial charge is 0.281 e. The molecule has 0 atom stereocenters. The average Bonchev–Trinajstić information content (AvgIpc) is 1.87. The summed E-state index contributed by atoms with van der Waals surface area (Å²) in [5.41, 5.74) is 0. The Hall–Kier alpha value is -0.130. The van der Waals surface area contributed by atoms with Crippen LogP contribution in [0.1, 0.15) is 13.3 Å². The van der Waals surface area contributed by atoms with Crippen LogP contribution >= 0.6 is 11.6 Å². The zero-order valence-corrected chi connectivity index (χ0v) is 7.70. The molecule has 0 fully saturated rings. The standard InChI is InChI=1S/C5H10ClNO3S/c1-2-11(9,10)7-4-3-5(6)8/h7H,2-4H2,1H3. The third-order valence-electron chi connectivity index (χ3n) is 1.02. The lowest BCUT2D eigenvalue weighted by molar-refractivity contribution is -0.111. The maximum atomic E-state index is 10.7. The van der Waals surface area contributed by atoms with Crippen LogP contribution in [0, 0.1) is 0 Å². The van der Waals surface area contributed by atoms with Crippen LogP contribution in [0.5, 0.6) is 0 Å². The SMILES string of the molecule is CCS(=O)(=O)NCCC(=O)Cl. The molecule has 0 aromatic heterocycles. The van der Waals surface area contributed by atoms with Gasteiger partial charge in [0.1, 0.15) is 0 Å². The van der Waals surface area contributed by atoms with Crippen LogP contribution in [0.3, 0.4) is 0 Å². The van der Waals surface area contributed by atoms with Crippen molar-refractivity contribution in [2.24, 2.45) is 0 Å². The molecule has 0 spiro atoms. The molecular weight excluding hydrogens is 190 g/mol. The topological polar surface area (TPSA) is 63.2 Å². The van der Waals surface area contributed by atoms with Gasteiger partial charge in [-0.2, -0.15) is 0 Å². The molecule has 6 heteroatoms. The van der Waals surface area contributed by atoms with E-state index in [4.69, 9.17) is 11.6 Å². The maximum Gasteiger partial charge on any atom is 0.222 e. The average molecular weight is 200 g/mol. The molecule has 0 aliphatic carbocycles. The first-order valence-electron chi connectivity index (χ1n) is 3.13. The Morgan fingerprint density at radius 2 is 2.09 bits per heavy atom. The number of halogens is 1. The highest BCUT2D eigenvalue weighted by Gasteiger charge is 2.05. The maximum absolute atomic E-state index is 10.7. The molecule has 0 amide bonds. The van der Waals surface area contributed by atoms with Crippen LogP contribution in [0.25, 0.3) is 0 Å². The predicted octanol–water partition coefficient (Wildman–Crippen LogP) is 0.0812. The van der Waals surface area contributed by atoms with E-state index in [0.717, 1.165) is 0 Å². The lowest BCUT2D eigenvalue weighted by Gasteiger charge is -2.00. The summed E-state index contributed by atoms with van der Waals surface area (Å²) in [5, 5.41) is -0.538. The zero-order chi connectivity index (χ0) is 8.91. The van der Waals surface area contributed by atoms with Crippen molar-refractivity contribution in [1.82, 2.24) is 4.72 Å². The van der Waals surface area contributed by atoms with Crippen molar-refractivity contribution < 1.29 is 13.2 Å². The molecule has 0 saturated heterocycles. The van der Waals surface area contributed by atoms with Crippen LogP contribution in [0.4, 0.5) is 0 Å². The van der Waals surface area contributed by atoms with Gasteiger partial charge in [-0.1, -0.05) is 0 Å². The van der Waals surface area contributed by atoms with E-state index in [-0.39, 0.29) is 18.7 Å². The van der Waals surface area contributed by atoms with E-state index in [9.17, 15) is 13.2 Å². The predicted molar refractivity (Wildman–Crippen MR) is 42.9 cm³/mol. The highest BCUT2D eigenvalue weighted by Crippen LogP contribution is 1.88. The van der Waals surface area contributed by atoms with Crippen LogP contribution in [-0.2, 0) is 14.8 Å². The number of hydrogen-bond acceptors (Lipinski definition) is 3. The second-order valence-electron chi connectivity index (χ2n) is 1.90. The third kappa shape index (κ3) is 6.28. The number of sulfonamides is 1. The van der Waals surface area contributed by atoms with Gasteiger partial charge in [0.15, 0.2) is 0 Å². The van der Waals surface area contributed by atoms with Crippen LogP contribution in [0.2, 0.25) is 0 Å². The quantitative estimate of drug-likeness (QED) is 0.638. The lowest BCUT2D eigenvalue weighted by Crippen LogP contribution is -2.26. The molecule has 0 aliphatic rings. The van der Waals surface area contributed by atoms with E-state index >= 15 is 0 Å². The molecule has 0 unspecified atom stereocenters. The van der Waals surface area contributed by atoms with Crippen molar-refractivity contribution in [3.63, 3.8) is 0 Å². The summed E-state index contributed by atoms with van der Waals surface area (Å²) in [7, 11) is -3.18. The highest BCUT2D eigenvalue weighted by molar-refractivity contribution is 7.89. The fourth-order valence-corrected chi connectivity index (χ4v) is 1.12. The number of carbonyl (C=O) groups is 1. The van der Waals surface area contributed by atoms with Gasteiger partial charge in [0.2, 0.25) is 15.3 Å². The van der Waals surface area contributed by atoms with Crippen molar-refractivity contribution in [2.45, 2.75) is 13.3 Å². The second-order valence-corrected chi connectivity index (χ2v) is 4.42. The summed E-state index contributed by atoms with van der Waals surface area (Å²) < 4.78 is 23.6. The van der Waals surface area contributed by atoms with Gasteiger partial charge < -0.3 is 0 Å². The van der Waals surface area contributed by atoms with Crippen molar-refractivity contribution in [2.75, 3.05) is 12.3 Å². The number of nitrogens with one attached hydrogen (secondary N) is 1. The Balaban J connectivity index is 3.63. The monoisotopic (exact) mass is 199 g/mol. The van der Waals surface area contributed by atoms with Crippen LogP contribution in [0.15, 0.2) is 0 Å². The Bertz CT molecular complexity index is 224. The molecule has 0 rings (SSSR count). The molecular formula is C5H10ClNO3S. The summed E-state index contributed by atoms with van der Waals surface area (Å²) in [4.78, 5) is 10.1. The first-order chi connectivity index (χ1) is 4.98. The van der Waals surface area contributed by atoms with Gasteiger partial charge in [0.25, 0.3) is 0 Å². The van der Waals surface area contributed by atoms with Crippen molar-refractivity contribution in [3.05, 3.63) is 0 Å². The molecule has 0 aliphatic heterocycles. The summed E-state index contributed by atoms with van der Waals surface area (Å²) >= 11 is 4.98. The molecule has 1 N–H and O–H groups in total. The van der Waals surface area contributed by atoms with Gasteiger partial charge >= 0.3 is 0 Å². The zero-order valence-electron chi connectivity index (χ0n) is 6.13. The molecule has 0 radical (unpaired) electrons. The molecule has 66 valence electrons. The van der Waals surface area contributed by atoms with Gasteiger partial charge in [-0.05, 0) is 18.5 Å². The van der Waals surface area contributed by atoms with E-state index in [1.54, 1.807) is 0 Å². The van der Waals surface area contributed by atoms with E-state index in [1.165, 1.54) is 6.92 Å². The first kappa shape index (κ1) is 10.9. The van der Waals surface area contributed by atoms with Crippen molar-refractivity contribution >= 4 is 26.9 Å². The van der Waals surface area contributed by atoms with Crippen LogP contribution in [-0.4, -0.2) is 26.0 Å². The normalized spacial score (nSPS) is 11.5. The fourth-order valence-electron chi connectivity index (χ4n) is 0.407. The van der Waals surface area contributed by atoms with Gasteiger partial charge in [0, 0.05) is 13.0 Å². The van der Waals surface area contributed by atoms with Crippen molar-refractivity contribution in [3.8, 4) is 0 Å². The second kappa shape index (κ2) is 4.69. The van der Waals surface area contributed by atoms with E-state index in [1.807, 2.05) is 0 Å². The third-order valence-corrected chi connectivity index (χ3v) is 2.62. The van der Waals surface area contributed by atoms with E-state index in [0.29, 0.717) is 0 Å². The number of rotatable bonds is 5. The number of carbonyl (C=O) groups excluding carboxylic acids is 1. The number of hydrogen-bond donors (Lipinski definition) is 1. The highest BCUT2D eigenvalue weighted by atomic mass is 35.5. The molecule has 11 heavy (non-hydrogen) atoms. The summed E-state index contributed by atoms with van der Waals surface area (Å²) in [5.74, 6) is 0.0173. The molecule has 0 aromatic rings. The molecule has 0 saturated carbocycles. The molecule has 0 bridgehead atoms. The smallest absolute Gasteiger partial charge is 0.222 e. The summed E-state index contributed by atoms with van der Waals surface area (Å²) in [6.07, 6.45) is 0.0286. The van der Waals surface area contributed by atoms with Crippen LogP contribution < -0.4 is 4.72 Å². The fraction of sp³-hybridized carbons (Fsp3) is 0.800. The molecule has 0 aromatic carbocycles. The lowest BCUT2D eigenvalue weighted by atomic mass is 10.5. The van der Waals surface area contributed by atoms with Crippen molar-refractivity contribution in [1.29, 1.82) is 0 Å². The molecule has 0 heterocycles. The summed E-state index contributed by atoms with van der Waals surface area (Å²) in [6.45, 7) is 1.60.